The maximum Gasteiger partial charge on any atom is 0.407 e. The summed E-state index contributed by atoms with van der Waals surface area (Å²) in [6.07, 6.45) is -0.962. The summed E-state index contributed by atoms with van der Waals surface area (Å²) >= 11 is 0. The normalized spacial score (nSPS) is 10.9. The summed E-state index contributed by atoms with van der Waals surface area (Å²) in [4.78, 5) is 26.1. The highest BCUT2D eigenvalue weighted by Gasteiger charge is 2.19. The lowest BCUT2D eigenvalue weighted by Crippen LogP contribution is -2.29. The first kappa shape index (κ1) is 24.4. The van der Waals surface area contributed by atoms with Gasteiger partial charge in [-0.15, -0.1) is 12.4 Å². The molecular formula is C24H30ClN3O3. The summed E-state index contributed by atoms with van der Waals surface area (Å²) in [6.45, 7) is 7.45. The Labute approximate surface area is 188 Å². The van der Waals surface area contributed by atoms with Crippen molar-refractivity contribution in [3.05, 3.63) is 70.1 Å². The largest absolute Gasteiger partial charge is 0.465 e. The first-order valence-electron chi connectivity index (χ1n) is 10.3. The maximum absolute atomic E-state index is 13.3. The molecule has 3 aromatic rings. The van der Waals surface area contributed by atoms with Crippen molar-refractivity contribution in [3.8, 4) is 11.1 Å². The van der Waals surface area contributed by atoms with Gasteiger partial charge >= 0.3 is 6.09 Å². The van der Waals surface area contributed by atoms with E-state index in [4.69, 9.17) is 5.73 Å². The fourth-order valence-electron chi connectivity index (χ4n) is 3.87. The van der Waals surface area contributed by atoms with Gasteiger partial charge in [0.1, 0.15) is 0 Å². The van der Waals surface area contributed by atoms with Crippen LogP contribution in [0.25, 0.3) is 21.9 Å². The third-order valence-electron chi connectivity index (χ3n) is 5.27. The molecule has 31 heavy (non-hydrogen) atoms. The minimum atomic E-state index is -0.962. The van der Waals surface area contributed by atoms with Gasteiger partial charge in [-0.1, -0.05) is 50.2 Å². The molecule has 0 bridgehead atoms. The Bertz CT molecular complexity index is 1110. The minimum Gasteiger partial charge on any atom is -0.465 e. The van der Waals surface area contributed by atoms with Gasteiger partial charge in [0.05, 0.1) is 0 Å². The first-order chi connectivity index (χ1) is 14.4. The summed E-state index contributed by atoms with van der Waals surface area (Å²) in [5.41, 5.74) is 9.67. The van der Waals surface area contributed by atoms with Crippen LogP contribution in [0, 0.1) is 5.92 Å². The van der Waals surface area contributed by atoms with Crippen LogP contribution in [-0.2, 0) is 19.6 Å². The van der Waals surface area contributed by atoms with Crippen LogP contribution >= 0.6 is 12.4 Å². The molecule has 1 aromatic heterocycles. The highest BCUT2D eigenvalue weighted by atomic mass is 35.5. The average Bonchev–Trinajstić information content (AvgIpc) is 2.73. The first-order valence-corrected chi connectivity index (χ1v) is 10.3. The van der Waals surface area contributed by atoms with E-state index in [-0.39, 0.29) is 31.1 Å². The van der Waals surface area contributed by atoms with Crippen molar-refractivity contribution < 1.29 is 9.90 Å². The summed E-state index contributed by atoms with van der Waals surface area (Å²) in [6, 6.07) is 15.5. The highest BCUT2D eigenvalue weighted by molar-refractivity contribution is 5.97. The molecule has 3 rings (SSSR count). The van der Waals surface area contributed by atoms with Crippen molar-refractivity contribution in [1.82, 2.24) is 9.47 Å². The Morgan fingerprint density at radius 1 is 1.13 bits per heavy atom. The number of carboxylic acid groups (broad SMARTS) is 1. The Morgan fingerprint density at radius 3 is 2.35 bits per heavy atom. The maximum atomic E-state index is 13.3. The number of aromatic nitrogens is 1. The van der Waals surface area contributed by atoms with E-state index in [0.29, 0.717) is 24.4 Å². The van der Waals surface area contributed by atoms with E-state index in [2.05, 4.69) is 13.8 Å². The molecule has 2 aromatic carbocycles. The lowest BCUT2D eigenvalue weighted by atomic mass is 9.95. The lowest BCUT2D eigenvalue weighted by molar-refractivity contribution is 0.145. The van der Waals surface area contributed by atoms with E-state index in [1.807, 2.05) is 55.5 Å². The SMILES string of the molecule is CCN(Cc1ccc2c(=O)n(CC(C)C)c(CN)c(-c3ccccc3)c2c1)C(=O)O.Cl. The van der Waals surface area contributed by atoms with Gasteiger partial charge in [-0.2, -0.15) is 0 Å². The highest BCUT2D eigenvalue weighted by Crippen LogP contribution is 2.32. The van der Waals surface area contributed by atoms with Gasteiger partial charge in [0.25, 0.3) is 5.56 Å². The second-order valence-electron chi connectivity index (χ2n) is 7.88. The van der Waals surface area contributed by atoms with Crippen molar-refractivity contribution in [2.75, 3.05) is 6.54 Å². The van der Waals surface area contributed by atoms with Crippen LogP contribution in [0.1, 0.15) is 32.0 Å². The Kier molecular flexibility index (Phi) is 8.25. The third-order valence-corrected chi connectivity index (χ3v) is 5.27. The number of benzene rings is 2. The van der Waals surface area contributed by atoms with Gasteiger partial charge in [0, 0.05) is 42.8 Å². The minimum absolute atomic E-state index is 0. The van der Waals surface area contributed by atoms with E-state index in [0.717, 1.165) is 27.8 Å². The predicted octanol–water partition coefficient (Wildman–Crippen LogP) is 4.70. The van der Waals surface area contributed by atoms with Gasteiger partial charge in [0.2, 0.25) is 0 Å². The Morgan fingerprint density at radius 2 is 1.81 bits per heavy atom. The summed E-state index contributed by atoms with van der Waals surface area (Å²) < 4.78 is 1.80. The molecule has 0 aliphatic rings. The van der Waals surface area contributed by atoms with Gasteiger partial charge < -0.3 is 20.3 Å². The molecule has 0 spiro atoms. The number of pyridine rings is 1. The number of hydrogen-bond donors (Lipinski definition) is 2. The molecule has 0 unspecified atom stereocenters. The monoisotopic (exact) mass is 443 g/mol. The van der Waals surface area contributed by atoms with Crippen LogP contribution in [0.4, 0.5) is 4.79 Å². The number of rotatable bonds is 7. The van der Waals surface area contributed by atoms with E-state index >= 15 is 0 Å². The molecule has 0 atom stereocenters. The smallest absolute Gasteiger partial charge is 0.407 e. The van der Waals surface area contributed by atoms with Crippen LogP contribution in [0.15, 0.2) is 53.3 Å². The molecule has 0 aliphatic heterocycles. The average molecular weight is 444 g/mol. The van der Waals surface area contributed by atoms with E-state index in [1.165, 1.54) is 4.90 Å². The number of nitrogens with zero attached hydrogens (tertiary/aromatic N) is 2. The van der Waals surface area contributed by atoms with Crippen LogP contribution in [-0.4, -0.2) is 27.2 Å². The number of hydrogen-bond acceptors (Lipinski definition) is 3. The number of fused-ring (bicyclic) bond motifs is 1. The summed E-state index contributed by atoms with van der Waals surface area (Å²) in [5, 5.41) is 10.8. The molecule has 0 radical (unpaired) electrons. The molecule has 3 N–H and O–H groups in total. The van der Waals surface area contributed by atoms with Crippen LogP contribution < -0.4 is 11.3 Å². The molecule has 1 heterocycles. The van der Waals surface area contributed by atoms with Crippen molar-refractivity contribution in [1.29, 1.82) is 0 Å². The topological polar surface area (TPSA) is 88.6 Å². The summed E-state index contributed by atoms with van der Waals surface area (Å²) in [5.74, 6) is 0.294. The third kappa shape index (κ3) is 5.09. The zero-order valence-electron chi connectivity index (χ0n) is 18.2. The van der Waals surface area contributed by atoms with Crippen molar-refractivity contribution in [2.24, 2.45) is 11.7 Å². The van der Waals surface area contributed by atoms with Gasteiger partial charge in [-0.3, -0.25) is 4.79 Å². The van der Waals surface area contributed by atoms with Gasteiger partial charge in [-0.05, 0) is 41.5 Å². The zero-order valence-corrected chi connectivity index (χ0v) is 19.0. The van der Waals surface area contributed by atoms with Crippen LogP contribution in [0.5, 0.6) is 0 Å². The van der Waals surface area contributed by atoms with E-state index in [1.54, 1.807) is 4.57 Å². The second-order valence-corrected chi connectivity index (χ2v) is 7.88. The molecule has 166 valence electrons. The summed E-state index contributed by atoms with van der Waals surface area (Å²) in [7, 11) is 0. The quantitative estimate of drug-likeness (QED) is 0.553. The van der Waals surface area contributed by atoms with Crippen molar-refractivity contribution >= 4 is 29.3 Å². The fourth-order valence-corrected chi connectivity index (χ4v) is 3.87. The Hall–Kier alpha value is -2.83. The van der Waals surface area contributed by atoms with Gasteiger partial charge in [0.15, 0.2) is 0 Å². The molecule has 1 amide bonds. The van der Waals surface area contributed by atoms with Crippen LogP contribution in [0.3, 0.4) is 0 Å². The number of nitrogens with two attached hydrogens (primary N) is 1. The standard InChI is InChI=1S/C24H29N3O3.ClH/c1-4-26(24(29)30)15-17-10-11-19-20(12-17)22(18-8-6-5-7-9-18)21(13-25)27(23(19)28)14-16(2)3;/h5-12,16H,4,13-15,25H2,1-3H3,(H,29,30);1H. The number of carbonyl (C=O) groups is 1. The van der Waals surface area contributed by atoms with E-state index < -0.39 is 6.09 Å². The van der Waals surface area contributed by atoms with Gasteiger partial charge in [-0.25, -0.2) is 4.79 Å². The van der Waals surface area contributed by atoms with Crippen molar-refractivity contribution in [2.45, 2.75) is 40.4 Å². The molecular weight excluding hydrogens is 414 g/mol. The molecule has 7 heteroatoms. The second kappa shape index (κ2) is 10.5. The number of halogens is 1. The molecule has 6 nitrogen and oxygen atoms in total. The molecule has 0 fully saturated rings. The van der Waals surface area contributed by atoms with Crippen LogP contribution in [0.2, 0.25) is 0 Å². The Balaban J connectivity index is 0.00000341. The zero-order chi connectivity index (χ0) is 21.8. The lowest BCUT2D eigenvalue weighted by Gasteiger charge is -2.22. The predicted molar refractivity (Wildman–Crippen MR) is 128 cm³/mol. The molecule has 0 saturated heterocycles. The van der Waals surface area contributed by atoms with Crippen molar-refractivity contribution in [3.63, 3.8) is 0 Å². The fraction of sp³-hybridized carbons (Fsp3) is 0.333. The van der Waals surface area contributed by atoms with E-state index in [9.17, 15) is 14.7 Å². The number of amides is 1. The molecule has 0 aliphatic carbocycles. The molecule has 0 saturated carbocycles.